The van der Waals surface area contributed by atoms with E-state index in [1.165, 1.54) is 4.90 Å². The van der Waals surface area contributed by atoms with E-state index in [1.54, 1.807) is 15.5 Å². The SMILES string of the molecule is CC(C)Sc1ccc(CC(=O)N2CCc3nc4ccccn4c(=O)c3C2)cc1. The molecule has 4 rings (SSSR count). The summed E-state index contributed by atoms with van der Waals surface area (Å²) < 4.78 is 1.55. The molecule has 3 heterocycles. The number of nitrogens with zero attached hydrogens (tertiary/aromatic N) is 3. The van der Waals surface area contributed by atoms with E-state index in [0.29, 0.717) is 42.4 Å². The molecule has 1 aliphatic heterocycles. The molecule has 0 radical (unpaired) electrons. The second-order valence-electron chi connectivity index (χ2n) is 7.32. The fraction of sp³-hybridized carbons (Fsp3) is 0.318. The third-order valence-corrected chi connectivity index (χ3v) is 5.90. The zero-order valence-corrected chi connectivity index (χ0v) is 16.9. The maximum Gasteiger partial charge on any atom is 0.263 e. The van der Waals surface area contributed by atoms with E-state index in [2.05, 4.69) is 31.0 Å². The highest BCUT2D eigenvalue weighted by Crippen LogP contribution is 2.23. The predicted octanol–water partition coefficient (Wildman–Crippen LogP) is 3.32. The van der Waals surface area contributed by atoms with E-state index in [0.717, 1.165) is 11.3 Å². The Labute approximate surface area is 168 Å². The number of hydrogen-bond acceptors (Lipinski definition) is 4. The van der Waals surface area contributed by atoms with E-state index < -0.39 is 0 Å². The van der Waals surface area contributed by atoms with Crippen LogP contribution < -0.4 is 5.56 Å². The van der Waals surface area contributed by atoms with Crippen molar-refractivity contribution in [1.29, 1.82) is 0 Å². The maximum absolute atomic E-state index is 12.8. The van der Waals surface area contributed by atoms with Crippen LogP contribution in [0.4, 0.5) is 0 Å². The van der Waals surface area contributed by atoms with Crippen molar-refractivity contribution in [2.24, 2.45) is 0 Å². The molecule has 0 N–H and O–H groups in total. The Bertz CT molecular complexity index is 1070. The van der Waals surface area contributed by atoms with Crippen molar-refractivity contribution < 1.29 is 4.79 Å². The van der Waals surface area contributed by atoms with Gasteiger partial charge in [0.25, 0.3) is 5.56 Å². The summed E-state index contributed by atoms with van der Waals surface area (Å²) >= 11 is 1.81. The van der Waals surface area contributed by atoms with Gasteiger partial charge in [0.2, 0.25) is 5.91 Å². The van der Waals surface area contributed by atoms with E-state index in [9.17, 15) is 9.59 Å². The summed E-state index contributed by atoms with van der Waals surface area (Å²) in [5.41, 5.74) is 3.03. The molecule has 1 aromatic carbocycles. The van der Waals surface area contributed by atoms with Crippen LogP contribution in [0.15, 0.2) is 58.4 Å². The lowest BCUT2D eigenvalue weighted by atomic mass is 10.1. The molecule has 2 aromatic heterocycles. The summed E-state index contributed by atoms with van der Waals surface area (Å²) in [6.45, 7) is 5.26. The monoisotopic (exact) mass is 393 g/mol. The number of benzene rings is 1. The summed E-state index contributed by atoms with van der Waals surface area (Å²) in [4.78, 5) is 33.2. The Hall–Kier alpha value is -2.60. The molecule has 28 heavy (non-hydrogen) atoms. The summed E-state index contributed by atoms with van der Waals surface area (Å²) in [5, 5.41) is 0.532. The van der Waals surface area contributed by atoms with Crippen LogP contribution in [0.1, 0.15) is 30.7 Å². The molecule has 0 unspecified atom stereocenters. The highest BCUT2D eigenvalue weighted by molar-refractivity contribution is 7.99. The van der Waals surface area contributed by atoms with Crippen LogP contribution in [0.3, 0.4) is 0 Å². The highest BCUT2D eigenvalue weighted by Gasteiger charge is 2.24. The number of hydrogen-bond donors (Lipinski definition) is 0. The molecule has 1 aliphatic rings. The second kappa shape index (κ2) is 7.80. The highest BCUT2D eigenvalue weighted by atomic mass is 32.2. The maximum atomic E-state index is 12.8. The lowest BCUT2D eigenvalue weighted by Gasteiger charge is -2.28. The van der Waals surface area contributed by atoms with Gasteiger partial charge >= 0.3 is 0 Å². The molecule has 1 amide bonds. The van der Waals surface area contributed by atoms with Crippen LogP contribution in [-0.2, 0) is 24.2 Å². The van der Waals surface area contributed by atoms with Gasteiger partial charge in [-0.05, 0) is 29.8 Å². The topological polar surface area (TPSA) is 54.7 Å². The van der Waals surface area contributed by atoms with Crippen molar-refractivity contribution in [1.82, 2.24) is 14.3 Å². The Morgan fingerprint density at radius 3 is 2.71 bits per heavy atom. The molecule has 3 aromatic rings. The van der Waals surface area contributed by atoms with E-state index in [1.807, 2.05) is 42.1 Å². The molecule has 0 aliphatic carbocycles. The van der Waals surface area contributed by atoms with Gasteiger partial charge in [0.15, 0.2) is 0 Å². The number of carbonyl (C=O) groups is 1. The third kappa shape index (κ3) is 3.83. The van der Waals surface area contributed by atoms with Crippen LogP contribution in [0, 0.1) is 0 Å². The zero-order chi connectivity index (χ0) is 19.7. The summed E-state index contributed by atoms with van der Waals surface area (Å²) in [7, 11) is 0. The first-order valence-corrected chi connectivity index (χ1v) is 10.4. The Morgan fingerprint density at radius 1 is 1.18 bits per heavy atom. The van der Waals surface area contributed by atoms with Crippen molar-refractivity contribution in [3.8, 4) is 0 Å². The van der Waals surface area contributed by atoms with Gasteiger partial charge in [-0.15, -0.1) is 11.8 Å². The summed E-state index contributed by atoms with van der Waals surface area (Å²) in [6, 6.07) is 13.7. The molecule has 0 spiro atoms. The van der Waals surface area contributed by atoms with Gasteiger partial charge < -0.3 is 4.90 Å². The molecule has 0 atom stereocenters. The number of fused-ring (bicyclic) bond motifs is 2. The largest absolute Gasteiger partial charge is 0.337 e. The number of pyridine rings is 1. The normalized spacial score (nSPS) is 13.8. The van der Waals surface area contributed by atoms with Crippen LogP contribution in [0.25, 0.3) is 5.65 Å². The molecule has 6 heteroatoms. The summed E-state index contributed by atoms with van der Waals surface area (Å²) in [5.74, 6) is 0.0486. The Balaban J connectivity index is 1.50. The molecular formula is C22H23N3O2S. The van der Waals surface area contributed by atoms with Gasteiger partial charge in [-0.2, -0.15) is 0 Å². The van der Waals surface area contributed by atoms with Crippen LogP contribution in [0.2, 0.25) is 0 Å². The zero-order valence-electron chi connectivity index (χ0n) is 16.1. The number of amides is 1. The van der Waals surface area contributed by atoms with Gasteiger partial charge in [-0.3, -0.25) is 14.0 Å². The van der Waals surface area contributed by atoms with Gasteiger partial charge in [-0.25, -0.2) is 4.98 Å². The van der Waals surface area contributed by atoms with E-state index in [-0.39, 0.29) is 11.5 Å². The summed E-state index contributed by atoms with van der Waals surface area (Å²) in [6.07, 6.45) is 2.69. The lowest BCUT2D eigenvalue weighted by molar-refractivity contribution is -0.131. The van der Waals surface area contributed by atoms with Gasteiger partial charge in [0.05, 0.1) is 24.2 Å². The Kier molecular flexibility index (Phi) is 5.22. The molecule has 0 bridgehead atoms. The van der Waals surface area contributed by atoms with Crippen molar-refractivity contribution in [2.75, 3.05) is 6.54 Å². The Morgan fingerprint density at radius 2 is 1.96 bits per heavy atom. The first-order valence-electron chi connectivity index (χ1n) is 9.54. The van der Waals surface area contributed by atoms with Gasteiger partial charge in [0.1, 0.15) is 5.65 Å². The first kappa shape index (κ1) is 18.7. The van der Waals surface area contributed by atoms with Crippen LogP contribution in [0.5, 0.6) is 0 Å². The van der Waals surface area contributed by atoms with Gasteiger partial charge in [-0.1, -0.05) is 32.0 Å². The standard InChI is InChI=1S/C22H23N3O2S/c1-15(2)28-17-8-6-16(7-9-17)13-21(26)24-12-10-19-18(14-24)22(27)25-11-4-3-5-20(25)23-19/h3-9,11,15H,10,12-14H2,1-2H3. The number of rotatable bonds is 4. The fourth-order valence-corrected chi connectivity index (χ4v) is 4.34. The molecule has 144 valence electrons. The van der Waals surface area contributed by atoms with E-state index >= 15 is 0 Å². The minimum absolute atomic E-state index is 0.0486. The average molecular weight is 394 g/mol. The quantitative estimate of drug-likeness (QED) is 0.638. The van der Waals surface area contributed by atoms with Crippen molar-refractivity contribution in [2.45, 2.75) is 43.4 Å². The number of thioether (sulfide) groups is 1. The van der Waals surface area contributed by atoms with Crippen molar-refractivity contribution >= 4 is 23.3 Å². The fourth-order valence-electron chi connectivity index (χ4n) is 3.51. The first-order chi connectivity index (χ1) is 13.5. The molecule has 0 fully saturated rings. The van der Waals surface area contributed by atoms with Gasteiger partial charge in [0, 0.05) is 29.3 Å². The minimum Gasteiger partial charge on any atom is -0.337 e. The lowest BCUT2D eigenvalue weighted by Crippen LogP contribution is -2.40. The molecule has 0 saturated heterocycles. The molecular weight excluding hydrogens is 370 g/mol. The third-order valence-electron chi connectivity index (χ3n) is 4.88. The van der Waals surface area contributed by atoms with Crippen LogP contribution in [-0.4, -0.2) is 32.0 Å². The smallest absolute Gasteiger partial charge is 0.263 e. The molecule has 5 nitrogen and oxygen atoms in total. The average Bonchev–Trinajstić information content (AvgIpc) is 2.69. The predicted molar refractivity (Wildman–Crippen MR) is 112 cm³/mol. The molecule has 0 saturated carbocycles. The second-order valence-corrected chi connectivity index (χ2v) is 8.97. The number of carbonyl (C=O) groups excluding carboxylic acids is 1. The van der Waals surface area contributed by atoms with Crippen molar-refractivity contribution in [3.63, 3.8) is 0 Å². The van der Waals surface area contributed by atoms with E-state index in [4.69, 9.17) is 0 Å². The minimum atomic E-state index is -0.0758. The van der Waals surface area contributed by atoms with Crippen LogP contribution >= 0.6 is 11.8 Å². The number of aromatic nitrogens is 2. The van der Waals surface area contributed by atoms with Crippen molar-refractivity contribution in [3.05, 3.63) is 75.8 Å².